The van der Waals surface area contributed by atoms with Crippen LogP contribution in [-0.4, -0.2) is 25.1 Å². The molecule has 0 aliphatic heterocycles. The molecule has 5 heteroatoms. The molecule has 0 bridgehead atoms. The number of ether oxygens (including phenoxy) is 2. The Hall–Kier alpha value is -3.08. The van der Waals surface area contributed by atoms with E-state index in [1.807, 2.05) is 43.3 Å². The van der Waals surface area contributed by atoms with Crippen molar-refractivity contribution < 1.29 is 19.1 Å². The lowest BCUT2D eigenvalue weighted by atomic mass is 10.1. The number of para-hydroxylation sites is 1. The average molecular weight is 367 g/mol. The van der Waals surface area contributed by atoms with Crippen LogP contribution in [0.2, 0.25) is 0 Å². The SMILES string of the molecule is CCOC(=O)/C=C/c1ccc(NC(=O)CCc2ccccc2OCC)cc1. The van der Waals surface area contributed by atoms with E-state index in [9.17, 15) is 9.59 Å². The highest BCUT2D eigenvalue weighted by atomic mass is 16.5. The summed E-state index contributed by atoms with van der Waals surface area (Å²) in [5.74, 6) is 0.392. The quantitative estimate of drug-likeness (QED) is 0.532. The maximum atomic E-state index is 12.2. The zero-order chi connectivity index (χ0) is 19.5. The summed E-state index contributed by atoms with van der Waals surface area (Å²) in [4.78, 5) is 23.5. The first kappa shape index (κ1) is 20.2. The lowest BCUT2D eigenvalue weighted by Crippen LogP contribution is -2.12. The summed E-state index contributed by atoms with van der Waals surface area (Å²) in [6.45, 7) is 4.65. The van der Waals surface area contributed by atoms with Crippen molar-refractivity contribution in [2.45, 2.75) is 26.7 Å². The predicted molar refractivity (Wildman–Crippen MR) is 107 cm³/mol. The second kappa shape index (κ2) is 10.8. The monoisotopic (exact) mass is 367 g/mol. The molecule has 2 aromatic carbocycles. The van der Waals surface area contributed by atoms with E-state index in [1.54, 1.807) is 25.1 Å². The van der Waals surface area contributed by atoms with E-state index in [2.05, 4.69) is 5.32 Å². The Morgan fingerprint density at radius 3 is 2.44 bits per heavy atom. The Kier molecular flexibility index (Phi) is 8.10. The molecule has 0 atom stereocenters. The number of anilines is 1. The Morgan fingerprint density at radius 1 is 1.00 bits per heavy atom. The normalized spacial score (nSPS) is 10.6. The maximum absolute atomic E-state index is 12.2. The van der Waals surface area contributed by atoms with Gasteiger partial charge in [-0.1, -0.05) is 30.3 Å². The molecule has 0 saturated carbocycles. The number of aryl methyl sites for hydroxylation is 1. The maximum Gasteiger partial charge on any atom is 0.330 e. The van der Waals surface area contributed by atoms with Crippen LogP contribution in [0.3, 0.4) is 0 Å². The molecule has 0 heterocycles. The van der Waals surface area contributed by atoms with Gasteiger partial charge in [-0.25, -0.2) is 4.79 Å². The molecule has 0 unspecified atom stereocenters. The molecular weight excluding hydrogens is 342 g/mol. The molecular formula is C22H25NO4. The highest BCUT2D eigenvalue weighted by Gasteiger charge is 2.07. The first-order valence-corrected chi connectivity index (χ1v) is 9.07. The van der Waals surface area contributed by atoms with Crippen LogP contribution in [0.5, 0.6) is 5.75 Å². The number of benzene rings is 2. The van der Waals surface area contributed by atoms with Gasteiger partial charge in [0.1, 0.15) is 5.75 Å². The molecule has 27 heavy (non-hydrogen) atoms. The summed E-state index contributed by atoms with van der Waals surface area (Å²) in [6, 6.07) is 15.0. The number of hydrogen-bond donors (Lipinski definition) is 1. The smallest absolute Gasteiger partial charge is 0.330 e. The summed E-state index contributed by atoms with van der Waals surface area (Å²) in [5, 5.41) is 2.88. The molecule has 142 valence electrons. The summed E-state index contributed by atoms with van der Waals surface area (Å²) >= 11 is 0. The number of amides is 1. The first-order valence-electron chi connectivity index (χ1n) is 9.07. The Bertz CT molecular complexity index is 781. The second-order valence-corrected chi connectivity index (χ2v) is 5.80. The second-order valence-electron chi connectivity index (χ2n) is 5.80. The van der Waals surface area contributed by atoms with E-state index >= 15 is 0 Å². The van der Waals surface area contributed by atoms with Gasteiger partial charge in [0.15, 0.2) is 0 Å². The molecule has 1 N–H and O–H groups in total. The van der Waals surface area contributed by atoms with E-state index in [0.29, 0.717) is 31.7 Å². The minimum absolute atomic E-state index is 0.0592. The van der Waals surface area contributed by atoms with Crippen molar-refractivity contribution in [1.29, 1.82) is 0 Å². The molecule has 0 aliphatic carbocycles. The largest absolute Gasteiger partial charge is 0.494 e. The summed E-state index contributed by atoms with van der Waals surface area (Å²) in [6.07, 6.45) is 4.04. The van der Waals surface area contributed by atoms with E-state index in [-0.39, 0.29) is 11.9 Å². The van der Waals surface area contributed by atoms with Crippen LogP contribution in [0.4, 0.5) is 5.69 Å². The van der Waals surface area contributed by atoms with Crippen molar-refractivity contribution in [2.24, 2.45) is 0 Å². The summed E-state index contributed by atoms with van der Waals surface area (Å²) in [7, 11) is 0. The van der Waals surface area contributed by atoms with Crippen molar-refractivity contribution in [3.05, 3.63) is 65.7 Å². The van der Waals surface area contributed by atoms with Gasteiger partial charge in [0, 0.05) is 18.2 Å². The van der Waals surface area contributed by atoms with E-state index in [1.165, 1.54) is 6.08 Å². The van der Waals surface area contributed by atoms with Crippen molar-refractivity contribution in [3.63, 3.8) is 0 Å². The minimum atomic E-state index is -0.373. The van der Waals surface area contributed by atoms with Crippen molar-refractivity contribution >= 4 is 23.6 Å². The molecule has 0 aromatic heterocycles. The Labute approximate surface area is 160 Å². The van der Waals surface area contributed by atoms with Crippen LogP contribution >= 0.6 is 0 Å². The van der Waals surface area contributed by atoms with Gasteiger partial charge in [-0.05, 0) is 55.7 Å². The average Bonchev–Trinajstić information content (AvgIpc) is 2.67. The molecule has 0 fully saturated rings. The van der Waals surface area contributed by atoms with Gasteiger partial charge in [-0.3, -0.25) is 4.79 Å². The highest BCUT2D eigenvalue weighted by molar-refractivity contribution is 5.91. The van der Waals surface area contributed by atoms with Crippen LogP contribution in [-0.2, 0) is 20.7 Å². The number of carbonyl (C=O) groups excluding carboxylic acids is 2. The van der Waals surface area contributed by atoms with Crippen LogP contribution in [0, 0.1) is 0 Å². The predicted octanol–water partition coefficient (Wildman–Crippen LogP) is 4.23. The number of nitrogens with one attached hydrogen (secondary N) is 1. The molecule has 1 amide bonds. The number of rotatable bonds is 9. The highest BCUT2D eigenvalue weighted by Crippen LogP contribution is 2.20. The Balaban J connectivity index is 1.86. The zero-order valence-corrected chi connectivity index (χ0v) is 15.7. The third-order valence-electron chi connectivity index (χ3n) is 3.79. The lowest BCUT2D eigenvalue weighted by Gasteiger charge is -2.10. The van der Waals surface area contributed by atoms with Gasteiger partial charge >= 0.3 is 5.97 Å². The van der Waals surface area contributed by atoms with Crippen molar-refractivity contribution in [3.8, 4) is 5.75 Å². The van der Waals surface area contributed by atoms with Crippen molar-refractivity contribution in [2.75, 3.05) is 18.5 Å². The van der Waals surface area contributed by atoms with Gasteiger partial charge in [-0.15, -0.1) is 0 Å². The lowest BCUT2D eigenvalue weighted by molar-refractivity contribution is -0.137. The van der Waals surface area contributed by atoms with Gasteiger partial charge in [0.05, 0.1) is 13.2 Å². The molecule has 5 nitrogen and oxygen atoms in total. The molecule has 0 aliphatic rings. The number of hydrogen-bond acceptors (Lipinski definition) is 4. The fraction of sp³-hybridized carbons (Fsp3) is 0.273. The summed E-state index contributed by atoms with van der Waals surface area (Å²) in [5.41, 5.74) is 2.59. The first-order chi connectivity index (χ1) is 13.1. The van der Waals surface area contributed by atoms with Crippen LogP contribution < -0.4 is 10.1 Å². The molecule has 2 rings (SSSR count). The fourth-order valence-corrected chi connectivity index (χ4v) is 2.51. The Morgan fingerprint density at radius 2 is 1.74 bits per heavy atom. The van der Waals surface area contributed by atoms with E-state index in [4.69, 9.17) is 9.47 Å². The zero-order valence-electron chi connectivity index (χ0n) is 15.7. The molecule has 0 spiro atoms. The van der Waals surface area contributed by atoms with Gasteiger partial charge < -0.3 is 14.8 Å². The molecule has 0 radical (unpaired) electrons. The van der Waals surface area contributed by atoms with Crippen molar-refractivity contribution in [1.82, 2.24) is 0 Å². The topological polar surface area (TPSA) is 64.6 Å². The van der Waals surface area contributed by atoms with E-state index < -0.39 is 0 Å². The van der Waals surface area contributed by atoms with Gasteiger partial charge in [0.2, 0.25) is 5.91 Å². The summed E-state index contributed by atoms with van der Waals surface area (Å²) < 4.78 is 10.4. The van der Waals surface area contributed by atoms with Crippen LogP contribution in [0.15, 0.2) is 54.6 Å². The molecule has 0 saturated heterocycles. The van der Waals surface area contributed by atoms with Gasteiger partial charge in [0.25, 0.3) is 0 Å². The van der Waals surface area contributed by atoms with Gasteiger partial charge in [-0.2, -0.15) is 0 Å². The van der Waals surface area contributed by atoms with E-state index in [0.717, 1.165) is 16.9 Å². The number of carbonyl (C=O) groups is 2. The van der Waals surface area contributed by atoms with Crippen LogP contribution in [0.1, 0.15) is 31.4 Å². The minimum Gasteiger partial charge on any atom is -0.494 e. The standard InChI is InChI=1S/C22H25NO4/c1-3-26-20-8-6-5-7-18(20)12-15-21(24)23-19-13-9-17(10-14-19)11-16-22(25)27-4-2/h5-11,13-14,16H,3-4,12,15H2,1-2H3,(H,23,24)/b16-11+. The third-order valence-corrected chi connectivity index (χ3v) is 3.79. The third kappa shape index (κ3) is 6.98. The number of esters is 1. The van der Waals surface area contributed by atoms with Crippen LogP contribution in [0.25, 0.3) is 6.08 Å². The fourth-order valence-electron chi connectivity index (χ4n) is 2.51. The molecule has 2 aromatic rings.